The van der Waals surface area contributed by atoms with Crippen molar-refractivity contribution in [3.05, 3.63) is 71.9 Å². The molecule has 0 bridgehead atoms. The molecular weight excluding hydrogens is 380 g/mol. The fourth-order valence-electron chi connectivity index (χ4n) is 2.95. The average molecular weight is 400 g/mol. The van der Waals surface area contributed by atoms with Crippen LogP contribution in [0.1, 0.15) is 22.8 Å². The summed E-state index contributed by atoms with van der Waals surface area (Å²) >= 11 is 0. The van der Waals surface area contributed by atoms with Gasteiger partial charge in [0.1, 0.15) is 17.2 Å². The van der Waals surface area contributed by atoms with Crippen molar-refractivity contribution >= 4 is 17.5 Å². The van der Waals surface area contributed by atoms with E-state index in [1.807, 2.05) is 61.5 Å². The lowest BCUT2D eigenvalue weighted by molar-refractivity contribution is -0.122. The molecule has 2 aromatic carbocycles. The minimum absolute atomic E-state index is 0.0871. The summed E-state index contributed by atoms with van der Waals surface area (Å²) in [6.07, 6.45) is 1.56. The molecule has 1 heterocycles. The van der Waals surface area contributed by atoms with Gasteiger partial charge in [-0.3, -0.25) is 4.79 Å². The number of hydrogen-bond acceptors (Lipinski definition) is 6. The van der Waals surface area contributed by atoms with Crippen LogP contribution in [0, 0.1) is 29.6 Å². The van der Waals surface area contributed by atoms with E-state index in [0.29, 0.717) is 5.69 Å². The number of para-hydroxylation sites is 1. The fraction of sp³-hybridized carbons (Fsp3) is 0.174. The Balaban J connectivity index is 1.93. The highest BCUT2D eigenvalue weighted by atomic mass is 16.5. The van der Waals surface area contributed by atoms with Crippen LogP contribution in [0.3, 0.4) is 0 Å². The van der Waals surface area contributed by atoms with Crippen molar-refractivity contribution in [1.29, 1.82) is 10.7 Å². The number of carbonyl (C=O) groups is 2. The first-order valence-corrected chi connectivity index (χ1v) is 9.27. The molecular formula is C23H20N4O3. The van der Waals surface area contributed by atoms with Gasteiger partial charge in [0.15, 0.2) is 12.4 Å². The summed E-state index contributed by atoms with van der Waals surface area (Å²) < 4.78 is 6.75. The monoisotopic (exact) mass is 400 g/mol. The molecule has 0 saturated heterocycles. The van der Waals surface area contributed by atoms with Crippen LogP contribution in [0.25, 0.3) is 16.9 Å². The van der Waals surface area contributed by atoms with Gasteiger partial charge in [0.05, 0.1) is 11.8 Å². The number of nitriles is 1. The van der Waals surface area contributed by atoms with Crippen LogP contribution in [0.15, 0.2) is 60.8 Å². The predicted molar refractivity (Wildman–Crippen MR) is 112 cm³/mol. The number of benzene rings is 2. The Kier molecular flexibility index (Phi) is 6.18. The Labute approximate surface area is 174 Å². The maximum atomic E-state index is 12.8. The van der Waals surface area contributed by atoms with E-state index in [4.69, 9.17) is 15.4 Å². The van der Waals surface area contributed by atoms with E-state index in [9.17, 15) is 9.59 Å². The van der Waals surface area contributed by atoms with Gasteiger partial charge >= 0.3 is 5.97 Å². The van der Waals surface area contributed by atoms with Crippen molar-refractivity contribution in [2.75, 3.05) is 6.61 Å². The summed E-state index contributed by atoms with van der Waals surface area (Å²) in [5.41, 5.74) is 3.07. The number of esters is 1. The first-order chi connectivity index (χ1) is 14.4. The molecule has 0 fully saturated rings. The molecule has 1 N–H and O–H groups in total. The highest BCUT2D eigenvalue weighted by Crippen LogP contribution is 2.25. The largest absolute Gasteiger partial charge is 0.454 e. The predicted octanol–water partition coefficient (Wildman–Crippen LogP) is 3.75. The lowest BCUT2D eigenvalue weighted by Gasteiger charge is -2.08. The molecule has 0 saturated carbocycles. The number of aromatic nitrogens is 2. The standard InChI is InChI=1S/C23H20N4O3/c1-15-7-6-8-17(11-15)22-20(13-27(26-22)18-9-4-3-5-10-18)23(29)30-14-21(28)19(12-24)16(2)25/h3-11,13,19,25H,14H2,1-2H3/t19-/m1/s1. The molecule has 0 spiro atoms. The van der Waals surface area contributed by atoms with Gasteiger partial charge in [-0.05, 0) is 32.0 Å². The maximum absolute atomic E-state index is 12.8. The molecule has 30 heavy (non-hydrogen) atoms. The van der Waals surface area contributed by atoms with Crippen LogP contribution in [-0.2, 0) is 9.53 Å². The Bertz CT molecular complexity index is 1140. The van der Waals surface area contributed by atoms with Crippen LogP contribution >= 0.6 is 0 Å². The topological polar surface area (TPSA) is 109 Å². The minimum Gasteiger partial charge on any atom is -0.454 e. The lowest BCUT2D eigenvalue weighted by atomic mass is 10.0. The van der Waals surface area contributed by atoms with Gasteiger partial charge in [-0.2, -0.15) is 10.4 Å². The van der Waals surface area contributed by atoms with Gasteiger partial charge in [-0.25, -0.2) is 9.48 Å². The Morgan fingerprint density at radius 1 is 1.20 bits per heavy atom. The van der Waals surface area contributed by atoms with Crippen LogP contribution < -0.4 is 0 Å². The van der Waals surface area contributed by atoms with Gasteiger partial charge in [0.2, 0.25) is 0 Å². The highest BCUT2D eigenvalue weighted by molar-refractivity contribution is 6.06. The van der Waals surface area contributed by atoms with Gasteiger partial charge in [-0.1, -0.05) is 42.0 Å². The molecule has 0 aliphatic rings. The molecule has 3 aromatic rings. The number of ketones is 1. The number of carbonyl (C=O) groups excluding carboxylic acids is 2. The quantitative estimate of drug-likeness (QED) is 0.480. The van der Waals surface area contributed by atoms with Gasteiger partial charge in [0.25, 0.3) is 0 Å². The second kappa shape index (κ2) is 8.97. The van der Waals surface area contributed by atoms with Crippen LogP contribution in [0.5, 0.6) is 0 Å². The normalized spacial score (nSPS) is 11.4. The van der Waals surface area contributed by atoms with Crippen LogP contribution in [0.4, 0.5) is 0 Å². The maximum Gasteiger partial charge on any atom is 0.342 e. The lowest BCUT2D eigenvalue weighted by Crippen LogP contribution is -2.25. The Morgan fingerprint density at radius 2 is 1.93 bits per heavy atom. The summed E-state index contributed by atoms with van der Waals surface area (Å²) in [6.45, 7) is 2.72. The summed E-state index contributed by atoms with van der Waals surface area (Å²) in [7, 11) is 0. The number of hydrogen-bond donors (Lipinski definition) is 1. The van der Waals surface area contributed by atoms with E-state index < -0.39 is 24.3 Å². The van der Waals surface area contributed by atoms with Crippen LogP contribution in [-0.4, -0.2) is 33.9 Å². The summed E-state index contributed by atoms with van der Waals surface area (Å²) in [5, 5.41) is 21.1. The van der Waals surface area contributed by atoms with E-state index in [2.05, 4.69) is 5.10 Å². The van der Waals surface area contributed by atoms with E-state index in [1.54, 1.807) is 16.9 Å². The summed E-state index contributed by atoms with van der Waals surface area (Å²) in [6, 6.07) is 18.6. The number of nitrogens with zero attached hydrogens (tertiary/aromatic N) is 3. The molecule has 0 radical (unpaired) electrons. The first kappa shape index (κ1) is 20.7. The van der Waals surface area contributed by atoms with Crippen molar-refractivity contribution in [2.45, 2.75) is 13.8 Å². The third kappa shape index (κ3) is 4.50. The van der Waals surface area contributed by atoms with Crippen molar-refractivity contribution in [2.24, 2.45) is 5.92 Å². The van der Waals surface area contributed by atoms with Gasteiger partial charge in [-0.15, -0.1) is 0 Å². The molecule has 7 heteroatoms. The molecule has 0 amide bonds. The summed E-state index contributed by atoms with van der Waals surface area (Å²) in [5.74, 6) is -2.58. The number of nitrogens with one attached hydrogen (secondary N) is 1. The van der Waals surface area contributed by atoms with Gasteiger partial charge < -0.3 is 10.1 Å². The Morgan fingerprint density at radius 3 is 2.57 bits per heavy atom. The SMILES string of the molecule is CC(=N)[C@@H](C#N)C(=O)COC(=O)c1cn(-c2ccccc2)nc1-c1cccc(C)c1. The zero-order valence-electron chi connectivity index (χ0n) is 16.6. The molecule has 1 atom stereocenters. The minimum atomic E-state index is -1.22. The molecule has 0 aliphatic heterocycles. The third-order valence-electron chi connectivity index (χ3n) is 4.48. The highest BCUT2D eigenvalue weighted by Gasteiger charge is 2.24. The first-order valence-electron chi connectivity index (χ1n) is 9.27. The smallest absolute Gasteiger partial charge is 0.342 e. The van der Waals surface area contributed by atoms with Gasteiger partial charge in [0, 0.05) is 17.5 Å². The van der Waals surface area contributed by atoms with Crippen molar-refractivity contribution in [3.63, 3.8) is 0 Å². The zero-order valence-corrected chi connectivity index (χ0v) is 16.6. The number of ether oxygens (including phenoxy) is 1. The van der Waals surface area contributed by atoms with E-state index in [0.717, 1.165) is 16.8 Å². The van der Waals surface area contributed by atoms with E-state index in [1.165, 1.54) is 6.92 Å². The number of aryl methyl sites for hydroxylation is 1. The Hall–Kier alpha value is -4.05. The zero-order chi connectivity index (χ0) is 21.7. The second-order valence-corrected chi connectivity index (χ2v) is 6.83. The molecule has 0 unspecified atom stereocenters. The molecule has 1 aromatic heterocycles. The van der Waals surface area contributed by atoms with E-state index >= 15 is 0 Å². The number of rotatable bonds is 7. The van der Waals surface area contributed by atoms with Crippen molar-refractivity contribution in [1.82, 2.24) is 9.78 Å². The molecule has 150 valence electrons. The molecule has 0 aliphatic carbocycles. The van der Waals surface area contributed by atoms with Crippen molar-refractivity contribution in [3.8, 4) is 23.0 Å². The molecule has 7 nitrogen and oxygen atoms in total. The van der Waals surface area contributed by atoms with E-state index in [-0.39, 0.29) is 11.3 Å². The van der Waals surface area contributed by atoms with Crippen LogP contribution in [0.2, 0.25) is 0 Å². The summed E-state index contributed by atoms with van der Waals surface area (Å²) in [4.78, 5) is 24.9. The average Bonchev–Trinajstić information content (AvgIpc) is 3.18. The molecule has 3 rings (SSSR count). The fourth-order valence-corrected chi connectivity index (χ4v) is 2.95. The third-order valence-corrected chi connectivity index (χ3v) is 4.48. The van der Waals surface area contributed by atoms with Crippen molar-refractivity contribution < 1.29 is 14.3 Å². The number of Topliss-reactive ketones (excluding diaryl/α,β-unsaturated/α-hetero) is 1. The second-order valence-electron chi connectivity index (χ2n) is 6.83.